The predicted molar refractivity (Wildman–Crippen MR) is 164 cm³/mol. The molecule has 0 radical (unpaired) electrons. The summed E-state index contributed by atoms with van der Waals surface area (Å²) in [4.78, 5) is 33.7. The van der Waals surface area contributed by atoms with Crippen LogP contribution < -0.4 is 9.50 Å². The SMILES string of the molecule is O=C1NC(=O)N(C2CCN(Cc3ccc(Cl)c(Cl)c3)CC2)C1Cc1ccc(OS(=O)(=O)c2cccc3cnccc23)cc1. The molecule has 0 aliphatic carbocycles. The maximum Gasteiger partial charge on any atom is 0.339 e. The van der Waals surface area contributed by atoms with Gasteiger partial charge in [-0.25, -0.2) is 4.79 Å². The Kier molecular flexibility index (Phi) is 8.28. The van der Waals surface area contributed by atoms with Crippen LogP contribution in [0.25, 0.3) is 10.8 Å². The zero-order valence-corrected chi connectivity index (χ0v) is 25.3. The van der Waals surface area contributed by atoms with E-state index in [9.17, 15) is 18.0 Å². The number of hydrogen-bond donors (Lipinski definition) is 1. The van der Waals surface area contributed by atoms with Gasteiger partial charge in [0.05, 0.1) is 10.0 Å². The van der Waals surface area contributed by atoms with Crippen LogP contribution in [0.4, 0.5) is 4.79 Å². The highest BCUT2D eigenvalue weighted by Gasteiger charge is 2.43. The van der Waals surface area contributed by atoms with Crippen molar-refractivity contribution in [3.8, 4) is 5.75 Å². The number of nitrogens with one attached hydrogen (secondary N) is 1. The maximum atomic E-state index is 13.1. The average Bonchev–Trinajstić information content (AvgIpc) is 3.27. The molecular weight excluding hydrogens is 611 g/mol. The number of likely N-dealkylation sites (tertiary alicyclic amines) is 1. The molecule has 1 unspecified atom stereocenters. The fourth-order valence-electron chi connectivity index (χ4n) is 5.77. The summed E-state index contributed by atoms with van der Waals surface area (Å²) in [6.07, 6.45) is 4.88. The third kappa shape index (κ3) is 6.33. The highest BCUT2D eigenvalue weighted by molar-refractivity contribution is 7.87. The second-order valence-electron chi connectivity index (χ2n) is 10.7. The second kappa shape index (κ2) is 12.1. The Hall–Kier alpha value is -3.70. The van der Waals surface area contributed by atoms with Gasteiger partial charge in [-0.2, -0.15) is 8.42 Å². The molecule has 2 aliphatic rings. The molecule has 43 heavy (non-hydrogen) atoms. The molecule has 12 heteroatoms. The van der Waals surface area contributed by atoms with Gasteiger partial charge in [0, 0.05) is 55.3 Å². The van der Waals surface area contributed by atoms with Gasteiger partial charge in [0.1, 0.15) is 16.7 Å². The molecule has 0 saturated carbocycles. The first-order valence-corrected chi connectivity index (χ1v) is 16.0. The molecule has 3 aromatic carbocycles. The van der Waals surface area contributed by atoms with Gasteiger partial charge in [-0.1, -0.05) is 53.5 Å². The predicted octanol–water partition coefficient (Wildman–Crippen LogP) is 5.44. The maximum absolute atomic E-state index is 13.1. The zero-order chi connectivity index (χ0) is 30.1. The van der Waals surface area contributed by atoms with Crippen molar-refractivity contribution in [2.24, 2.45) is 0 Å². The number of nitrogens with zero attached hydrogens (tertiary/aromatic N) is 3. The summed E-state index contributed by atoms with van der Waals surface area (Å²) in [5.41, 5.74) is 1.84. The van der Waals surface area contributed by atoms with Crippen LogP contribution in [0.2, 0.25) is 10.0 Å². The van der Waals surface area contributed by atoms with Crippen molar-refractivity contribution in [1.29, 1.82) is 0 Å². The summed E-state index contributed by atoms with van der Waals surface area (Å²) in [6.45, 7) is 2.26. The topological polar surface area (TPSA) is 109 Å². The molecule has 0 bridgehead atoms. The molecule has 0 spiro atoms. The fourth-order valence-corrected chi connectivity index (χ4v) is 7.25. The van der Waals surface area contributed by atoms with E-state index in [1.165, 1.54) is 12.3 Å². The number of carbonyl (C=O) groups is 2. The van der Waals surface area contributed by atoms with Gasteiger partial charge in [0.2, 0.25) is 0 Å². The Bertz CT molecular complexity index is 1790. The van der Waals surface area contributed by atoms with Crippen LogP contribution in [-0.2, 0) is 27.9 Å². The van der Waals surface area contributed by atoms with Crippen LogP contribution in [0, 0.1) is 0 Å². The Morgan fingerprint density at radius 2 is 1.67 bits per heavy atom. The van der Waals surface area contributed by atoms with Crippen molar-refractivity contribution in [2.75, 3.05) is 13.1 Å². The van der Waals surface area contributed by atoms with Gasteiger partial charge in [-0.05, 0) is 60.4 Å². The number of aromatic nitrogens is 1. The van der Waals surface area contributed by atoms with Gasteiger partial charge in [0.15, 0.2) is 0 Å². The van der Waals surface area contributed by atoms with Crippen LogP contribution in [0.15, 0.2) is 84.0 Å². The van der Waals surface area contributed by atoms with Gasteiger partial charge < -0.3 is 9.08 Å². The van der Waals surface area contributed by atoms with E-state index in [1.807, 2.05) is 12.1 Å². The third-order valence-electron chi connectivity index (χ3n) is 7.91. The minimum Gasteiger partial charge on any atom is -0.379 e. The van der Waals surface area contributed by atoms with Crippen LogP contribution in [-0.4, -0.2) is 60.3 Å². The third-order valence-corrected chi connectivity index (χ3v) is 9.96. The molecular formula is C31H28Cl2N4O5S. The van der Waals surface area contributed by atoms with Gasteiger partial charge in [-0.15, -0.1) is 0 Å². The lowest BCUT2D eigenvalue weighted by molar-refractivity contribution is -0.121. The number of piperidine rings is 1. The second-order valence-corrected chi connectivity index (χ2v) is 13.0. The van der Waals surface area contributed by atoms with E-state index in [1.54, 1.807) is 59.6 Å². The van der Waals surface area contributed by atoms with E-state index in [0.29, 0.717) is 27.2 Å². The molecule has 1 atom stereocenters. The van der Waals surface area contributed by atoms with E-state index in [4.69, 9.17) is 27.4 Å². The highest BCUT2D eigenvalue weighted by Crippen LogP contribution is 2.29. The number of benzene rings is 3. The highest BCUT2D eigenvalue weighted by atomic mass is 35.5. The van der Waals surface area contributed by atoms with Crippen molar-refractivity contribution >= 4 is 56.0 Å². The van der Waals surface area contributed by atoms with E-state index in [2.05, 4.69) is 15.2 Å². The Labute approximate surface area is 259 Å². The van der Waals surface area contributed by atoms with Crippen molar-refractivity contribution in [3.63, 3.8) is 0 Å². The number of carbonyl (C=O) groups excluding carboxylic acids is 2. The number of hydrogen-bond acceptors (Lipinski definition) is 7. The van der Waals surface area contributed by atoms with E-state index in [-0.39, 0.29) is 28.6 Å². The molecule has 2 saturated heterocycles. The Morgan fingerprint density at radius 1 is 0.930 bits per heavy atom. The lowest BCUT2D eigenvalue weighted by Gasteiger charge is -2.38. The number of rotatable bonds is 8. The number of imide groups is 1. The van der Waals surface area contributed by atoms with Gasteiger partial charge in [-0.3, -0.25) is 20.0 Å². The van der Waals surface area contributed by atoms with E-state index < -0.39 is 16.2 Å². The Morgan fingerprint density at radius 3 is 2.42 bits per heavy atom. The fraction of sp³-hybridized carbons (Fsp3) is 0.258. The molecule has 6 rings (SSSR count). The summed E-state index contributed by atoms with van der Waals surface area (Å²) in [5, 5.41) is 4.72. The number of halogens is 2. The molecule has 9 nitrogen and oxygen atoms in total. The minimum absolute atomic E-state index is 0.0521. The van der Waals surface area contributed by atoms with Crippen LogP contribution >= 0.6 is 23.2 Å². The van der Waals surface area contributed by atoms with Gasteiger partial charge in [0.25, 0.3) is 5.91 Å². The molecule has 2 aliphatic heterocycles. The first kappa shape index (κ1) is 29.4. The van der Waals surface area contributed by atoms with Crippen LogP contribution in [0.3, 0.4) is 0 Å². The first-order valence-electron chi connectivity index (χ1n) is 13.8. The standard InChI is InChI=1S/C31H28Cl2N4O5S/c32-26-9-6-21(16-27(26)33)19-36-14-11-23(12-15-36)37-28(30(38)35-31(37)39)17-20-4-7-24(8-5-20)42-43(40,41)29-3-1-2-22-18-34-13-10-25(22)29/h1-10,13,16,18,23,28H,11-12,14-15,17,19H2,(H,35,38,39). The minimum atomic E-state index is -4.10. The van der Waals surface area contributed by atoms with E-state index in [0.717, 1.165) is 43.6 Å². The van der Waals surface area contributed by atoms with Crippen LogP contribution in [0.1, 0.15) is 24.0 Å². The molecule has 1 aromatic heterocycles. The largest absolute Gasteiger partial charge is 0.379 e. The summed E-state index contributed by atoms with van der Waals surface area (Å²) in [5.74, 6) is -0.190. The summed E-state index contributed by atoms with van der Waals surface area (Å²) in [7, 11) is -4.10. The smallest absolute Gasteiger partial charge is 0.339 e. The normalized spacial score (nSPS) is 18.3. The first-order chi connectivity index (χ1) is 20.7. The number of fused-ring (bicyclic) bond motifs is 1. The molecule has 4 aromatic rings. The molecule has 3 heterocycles. The zero-order valence-electron chi connectivity index (χ0n) is 22.9. The summed E-state index contributed by atoms with van der Waals surface area (Å²) in [6, 6.07) is 17.6. The molecule has 222 valence electrons. The lowest BCUT2D eigenvalue weighted by Crippen LogP contribution is -2.49. The van der Waals surface area contributed by atoms with Crippen LogP contribution in [0.5, 0.6) is 5.75 Å². The van der Waals surface area contributed by atoms with Crippen molar-refractivity contribution in [3.05, 3.63) is 100 Å². The summed E-state index contributed by atoms with van der Waals surface area (Å²) < 4.78 is 31.6. The molecule has 2 fully saturated rings. The van der Waals surface area contributed by atoms with E-state index >= 15 is 0 Å². The number of pyridine rings is 1. The van der Waals surface area contributed by atoms with Crippen molar-refractivity contribution in [1.82, 2.24) is 20.1 Å². The Balaban J connectivity index is 1.10. The number of amides is 3. The quantitative estimate of drug-likeness (QED) is 0.202. The average molecular weight is 640 g/mol. The molecule has 3 amide bonds. The molecule has 1 N–H and O–H groups in total. The number of urea groups is 1. The van der Waals surface area contributed by atoms with Crippen molar-refractivity contribution < 1.29 is 22.2 Å². The monoisotopic (exact) mass is 638 g/mol. The van der Waals surface area contributed by atoms with Crippen molar-refractivity contribution in [2.45, 2.75) is 42.8 Å². The lowest BCUT2D eigenvalue weighted by atomic mass is 9.98. The summed E-state index contributed by atoms with van der Waals surface area (Å²) >= 11 is 12.2. The van der Waals surface area contributed by atoms with Gasteiger partial charge >= 0.3 is 16.1 Å².